The summed E-state index contributed by atoms with van der Waals surface area (Å²) in [6, 6.07) is 11.2. The molecule has 3 atom stereocenters. The van der Waals surface area contributed by atoms with E-state index in [4.69, 9.17) is 5.73 Å². The predicted molar refractivity (Wildman–Crippen MR) is 64.7 cm³/mol. The standard InChI is InChI=1S/C14H21N/c1-4-11-12(14(2,3)13(11)15)10-8-6-5-7-9-10/h5-9,11-13H,4,15H2,1-3H3. The first-order valence-corrected chi connectivity index (χ1v) is 5.89. The quantitative estimate of drug-likeness (QED) is 0.785. The van der Waals surface area contributed by atoms with E-state index in [2.05, 4.69) is 51.1 Å². The summed E-state index contributed by atoms with van der Waals surface area (Å²) >= 11 is 0. The van der Waals surface area contributed by atoms with Crippen molar-refractivity contribution in [2.75, 3.05) is 0 Å². The van der Waals surface area contributed by atoms with Crippen LogP contribution in [0.2, 0.25) is 0 Å². The Morgan fingerprint density at radius 3 is 2.33 bits per heavy atom. The van der Waals surface area contributed by atoms with Gasteiger partial charge in [0.25, 0.3) is 0 Å². The van der Waals surface area contributed by atoms with Crippen molar-refractivity contribution < 1.29 is 0 Å². The van der Waals surface area contributed by atoms with E-state index in [0.717, 1.165) is 0 Å². The number of hydrogen-bond acceptors (Lipinski definition) is 1. The molecule has 0 bridgehead atoms. The van der Waals surface area contributed by atoms with Crippen LogP contribution in [0, 0.1) is 11.3 Å². The average Bonchev–Trinajstić information content (AvgIpc) is 2.25. The highest BCUT2D eigenvalue weighted by Gasteiger charge is 2.53. The van der Waals surface area contributed by atoms with Gasteiger partial charge in [0.1, 0.15) is 0 Å². The van der Waals surface area contributed by atoms with Crippen molar-refractivity contribution in [3.8, 4) is 0 Å². The molecule has 0 saturated heterocycles. The molecule has 1 nitrogen and oxygen atoms in total. The smallest absolute Gasteiger partial charge is 0.0131 e. The minimum atomic E-state index is 0.252. The molecule has 15 heavy (non-hydrogen) atoms. The van der Waals surface area contributed by atoms with Gasteiger partial charge in [0, 0.05) is 6.04 Å². The molecule has 1 saturated carbocycles. The van der Waals surface area contributed by atoms with Crippen LogP contribution in [-0.4, -0.2) is 6.04 Å². The number of rotatable bonds is 2. The summed E-state index contributed by atoms with van der Waals surface area (Å²) in [5.74, 6) is 1.29. The van der Waals surface area contributed by atoms with E-state index >= 15 is 0 Å². The molecule has 1 fully saturated rings. The van der Waals surface area contributed by atoms with Crippen molar-refractivity contribution in [2.24, 2.45) is 17.1 Å². The first-order chi connectivity index (χ1) is 7.09. The fourth-order valence-electron chi connectivity index (χ4n) is 3.23. The summed E-state index contributed by atoms with van der Waals surface area (Å²) in [6.45, 7) is 6.83. The van der Waals surface area contributed by atoms with Gasteiger partial charge in [-0.25, -0.2) is 0 Å². The lowest BCUT2D eigenvalue weighted by Gasteiger charge is -2.57. The molecule has 0 radical (unpaired) electrons. The average molecular weight is 203 g/mol. The van der Waals surface area contributed by atoms with Gasteiger partial charge in [-0.3, -0.25) is 0 Å². The SMILES string of the molecule is CCC1C(N)C(C)(C)C1c1ccccc1. The molecule has 2 rings (SSSR count). The molecule has 0 spiro atoms. The number of nitrogens with two attached hydrogens (primary N) is 1. The van der Waals surface area contributed by atoms with Gasteiger partial charge in [0.05, 0.1) is 0 Å². The van der Waals surface area contributed by atoms with Crippen molar-refractivity contribution in [3.05, 3.63) is 35.9 Å². The summed E-state index contributed by atoms with van der Waals surface area (Å²) < 4.78 is 0. The van der Waals surface area contributed by atoms with Crippen LogP contribution in [0.1, 0.15) is 38.7 Å². The van der Waals surface area contributed by atoms with Gasteiger partial charge in [0.2, 0.25) is 0 Å². The Morgan fingerprint density at radius 2 is 1.80 bits per heavy atom. The molecule has 2 N–H and O–H groups in total. The predicted octanol–water partition coefficient (Wildman–Crippen LogP) is 3.16. The Hall–Kier alpha value is -0.820. The lowest BCUT2D eigenvalue weighted by molar-refractivity contribution is 0.0113. The highest BCUT2D eigenvalue weighted by Crippen LogP contribution is 2.56. The fraction of sp³-hybridized carbons (Fsp3) is 0.571. The van der Waals surface area contributed by atoms with Crippen LogP contribution >= 0.6 is 0 Å². The lowest BCUT2D eigenvalue weighted by atomic mass is 9.49. The van der Waals surface area contributed by atoms with Crippen molar-refractivity contribution in [2.45, 2.75) is 39.2 Å². The van der Waals surface area contributed by atoms with E-state index in [-0.39, 0.29) is 5.41 Å². The summed E-state index contributed by atoms with van der Waals surface area (Å²) in [5, 5.41) is 0. The summed E-state index contributed by atoms with van der Waals surface area (Å²) in [7, 11) is 0. The molecule has 0 aromatic heterocycles. The van der Waals surface area contributed by atoms with E-state index < -0.39 is 0 Å². The second-order valence-corrected chi connectivity index (χ2v) is 5.31. The summed E-state index contributed by atoms with van der Waals surface area (Å²) in [4.78, 5) is 0. The summed E-state index contributed by atoms with van der Waals surface area (Å²) in [5.41, 5.74) is 7.95. The van der Waals surface area contributed by atoms with Crippen LogP contribution in [0.15, 0.2) is 30.3 Å². The topological polar surface area (TPSA) is 26.0 Å². The monoisotopic (exact) mass is 203 g/mol. The van der Waals surface area contributed by atoms with Gasteiger partial charge in [-0.2, -0.15) is 0 Å². The highest BCUT2D eigenvalue weighted by molar-refractivity contribution is 5.29. The maximum atomic E-state index is 6.24. The third-order valence-electron chi connectivity index (χ3n) is 4.18. The highest BCUT2D eigenvalue weighted by atomic mass is 14.8. The molecule has 0 aliphatic heterocycles. The molecule has 0 heterocycles. The Kier molecular flexibility index (Phi) is 2.59. The summed E-state index contributed by atoms with van der Waals surface area (Å²) in [6.07, 6.45) is 1.18. The third kappa shape index (κ3) is 1.50. The minimum Gasteiger partial charge on any atom is -0.327 e. The molecule has 82 valence electrons. The van der Waals surface area contributed by atoms with Crippen LogP contribution in [0.3, 0.4) is 0 Å². The molecule has 3 unspecified atom stereocenters. The normalized spacial score (nSPS) is 33.5. The van der Waals surface area contributed by atoms with Crippen molar-refractivity contribution in [3.63, 3.8) is 0 Å². The third-order valence-corrected chi connectivity index (χ3v) is 4.18. The van der Waals surface area contributed by atoms with E-state index in [1.165, 1.54) is 12.0 Å². The van der Waals surface area contributed by atoms with Gasteiger partial charge in [-0.15, -0.1) is 0 Å². The molecule has 0 amide bonds. The van der Waals surface area contributed by atoms with E-state index in [1.807, 2.05) is 0 Å². The van der Waals surface area contributed by atoms with Crippen LogP contribution in [0.25, 0.3) is 0 Å². The van der Waals surface area contributed by atoms with E-state index in [1.54, 1.807) is 0 Å². The first-order valence-electron chi connectivity index (χ1n) is 5.89. The molecule has 1 aliphatic carbocycles. The maximum Gasteiger partial charge on any atom is 0.0131 e. The van der Waals surface area contributed by atoms with E-state index in [9.17, 15) is 0 Å². The lowest BCUT2D eigenvalue weighted by Crippen LogP contribution is -2.60. The zero-order chi connectivity index (χ0) is 11.1. The van der Waals surface area contributed by atoms with Crippen LogP contribution in [-0.2, 0) is 0 Å². The van der Waals surface area contributed by atoms with Crippen molar-refractivity contribution >= 4 is 0 Å². The molecule has 1 aliphatic rings. The number of benzene rings is 1. The molecule has 1 heteroatoms. The zero-order valence-corrected chi connectivity index (χ0v) is 9.90. The molecule has 1 aromatic rings. The van der Waals surface area contributed by atoms with Gasteiger partial charge < -0.3 is 5.73 Å². The second kappa shape index (κ2) is 3.64. The molecular formula is C14H21N. The van der Waals surface area contributed by atoms with Gasteiger partial charge in [-0.05, 0) is 22.8 Å². The van der Waals surface area contributed by atoms with Gasteiger partial charge in [-0.1, -0.05) is 57.5 Å². The molecule has 1 aromatic carbocycles. The largest absolute Gasteiger partial charge is 0.327 e. The molecular weight excluding hydrogens is 182 g/mol. The number of hydrogen-bond donors (Lipinski definition) is 1. The van der Waals surface area contributed by atoms with Crippen LogP contribution < -0.4 is 5.73 Å². The first kappa shape index (κ1) is 10.7. The van der Waals surface area contributed by atoms with Gasteiger partial charge >= 0.3 is 0 Å². The fourth-order valence-corrected chi connectivity index (χ4v) is 3.23. The Morgan fingerprint density at radius 1 is 1.20 bits per heavy atom. The Balaban J connectivity index is 2.29. The van der Waals surface area contributed by atoms with Crippen molar-refractivity contribution in [1.82, 2.24) is 0 Å². The van der Waals surface area contributed by atoms with Crippen LogP contribution in [0.4, 0.5) is 0 Å². The minimum absolute atomic E-state index is 0.252. The van der Waals surface area contributed by atoms with Gasteiger partial charge in [0.15, 0.2) is 0 Å². The zero-order valence-electron chi connectivity index (χ0n) is 9.90. The second-order valence-electron chi connectivity index (χ2n) is 5.31. The van der Waals surface area contributed by atoms with Crippen LogP contribution in [0.5, 0.6) is 0 Å². The Labute approximate surface area is 92.7 Å². The maximum absolute atomic E-state index is 6.24. The van der Waals surface area contributed by atoms with E-state index in [0.29, 0.717) is 17.9 Å². The van der Waals surface area contributed by atoms with Crippen molar-refractivity contribution in [1.29, 1.82) is 0 Å². The Bertz CT molecular complexity index is 328.